The first-order valence-electron chi connectivity index (χ1n) is 51.6. The van der Waals surface area contributed by atoms with Gasteiger partial charge < -0.3 is 78.9 Å². The minimum atomic E-state index is -4.07. The number of hydrogen-bond donors (Lipinski definition) is 0. The largest absolute Gasteiger partial charge is 1.00 e. The smallest absolute Gasteiger partial charge is 0.339 e. The minimum absolute atomic E-state index is 0. The Morgan fingerprint density at radius 3 is 0.834 bits per heavy atom. The lowest BCUT2D eigenvalue weighted by Crippen LogP contribution is -3.00. The second-order valence-electron chi connectivity index (χ2n) is 39.2. The van der Waals surface area contributed by atoms with Gasteiger partial charge in [0.25, 0.3) is 10.1 Å². The number of fused-ring (bicyclic) bond motifs is 6. The number of unbranched alkanes of at least 4 members (excludes halogenated alkanes) is 6. The molecule has 0 unspecified atom stereocenters. The van der Waals surface area contributed by atoms with Gasteiger partial charge in [-0.3, -0.25) is 4.18 Å². The van der Waals surface area contributed by atoms with Gasteiger partial charge in [0, 0.05) is 123 Å². The lowest BCUT2D eigenvalue weighted by Gasteiger charge is -2.37. The molecule has 21 heteroatoms. The van der Waals surface area contributed by atoms with E-state index >= 15 is 0 Å². The van der Waals surface area contributed by atoms with E-state index in [1.54, 1.807) is 24.3 Å². The fraction of sp³-hybridized carbons (Fsp3) is 0.298. The molecule has 0 aliphatic carbocycles. The van der Waals surface area contributed by atoms with E-state index < -0.39 is 37.5 Å². The molecule has 12 nitrogen and oxygen atoms in total. The van der Waals surface area contributed by atoms with E-state index in [1.165, 1.54) is 105 Å². The molecule has 0 saturated carbocycles. The fourth-order valence-electron chi connectivity index (χ4n) is 24.1. The molecule has 0 N–H and O–H groups in total. The summed E-state index contributed by atoms with van der Waals surface area (Å²) in [5, 5.41) is 16.3. The van der Waals surface area contributed by atoms with Crippen LogP contribution in [0.25, 0.3) is 32.9 Å². The summed E-state index contributed by atoms with van der Waals surface area (Å²) in [6.07, 6.45) is 26.5. The Morgan fingerprint density at radius 1 is 0.317 bits per heavy atom. The van der Waals surface area contributed by atoms with E-state index in [1.807, 2.05) is 6.92 Å². The zero-order valence-electron chi connectivity index (χ0n) is 82.6. The Kier molecular flexibility index (Phi) is 36.2. The van der Waals surface area contributed by atoms with Crippen molar-refractivity contribution in [1.82, 2.24) is 0 Å². The maximum absolute atomic E-state index is 14.0. The van der Waals surface area contributed by atoms with Crippen LogP contribution in [0.15, 0.2) is 348 Å². The lowest BCUT2D eigenvalue weighted by molar-refractivity contribution is -0.00100. The maximum atomic E-state index is 14.0. The van der Waals surface area contributed by atoms with E-state index in [2.05, 4.69) is 322 Å². The van der Waals surface area contributed by atoms with Crippen LogP contribution in [0.3, 0.4) is 0 Å². The third-order valence-corrected chi connectivity index (χ3v) is 46.5. The molecule has 145 heavy (non-hydrogen) atoms. The maximum Gasteiger partial charge on any atom is 0.339 e. The van der Waals surface area contributed by atoms with E-state index in [-0.39, 0.29) is 73.7 Å². The number of aryl methyl sites for hydroxylation is 7. The summed E-state index contributed by atoms with van der Waals surface area (Å²) in [6.45, 7) is 8.11. The average molecular weight is 2280 g/mol. The molecular formula is C124H127Br4ClN3O9P3S. The van der Waals surface area contributed by atoms with Gasteiger partial charge in [0.2, 0.25) is 0 Å². The van der Waals surface area contributed by atoms with Gasteiger partial charge in [0.15, 0.2) is 0 Å². The van der Waals surface area contributed by atoms with Crippen molar-refractivity contribution in [3.8, 4) is 0 Å². The summed E-state index contributed by atoms with van der Waals surface area (Å²) in [7, 11) is -9.72. The van der Waals surface area contributed by atoms with Gasteiger partial charge in [-0.1, -0.05) is 197 Å². The predicted molar refractivity (Wildman–Crippen MR) is 602 cm³/mol. The SMILES string of the molecule is Cc1ccc(S(=O)(=O)OCc2c(CCCCC[P+](c3ccccc3)(c3ccccc3)c3ccccc3)c(=O)oc3c4c5c(cc23)CCCN5CCC4)cc1.O=c1oc2c3c4c(cc2c(CBr)c1CCCCC[P+](c1ccccc1)(c1ccccc1)c1ccccc1)CCCN4CCC3.O=c1oc2c3c4c(cc2c(CCl)c1CCCCC[P+](c1ccccc1)(c1ccccc1)c1ccccc1)CCCN4CCC3.[Br-].[Br-].[Br-]. The van der Waals surface area contributed by atoms with Crippen molar-refractivity contribution in [3.05, 3.63) is 419 Å². The Balaban J connectivity index is 0.000000149. The summed E-state index contributed by atoms with van der Waals surface area (Å²) < 4.78 is 51.3. The van der Waals surface area contributed by atoms with Crippen molar-refractivity contribution in [2.24, 2.45) is 0 Å². The number of halogens is 5. The summed E-state index contributed by atoms with van der Waals surface area (Å²) in [5.41, 5.74) is 18.9. The molecule has 6 aliphatic rings. The van der Waals surface area contributed by atoms with E-state index in [4.69, 9.17) is 29.0 Å². The topological polar surface area (TPSA) is 144 Å². The van der Waals surface area contributed by atoms with Gasteiger partial charge in [-0.2, -0.15) is 8.42 Å². The molecule has 13 aromatic carbocycles. The number of anilines is 3. The molecule has 0 fully saturated rings. The van der Waals surface area contributed by atoms with Gasteiger partial charge in [0.05, 0.1) is 30.0 Å². The van der Waals surface area contributed by atoms with Crippen molar-refractivity contribution in [2.75, 3.05) is 72.5 Å². The average Bonchev–Trinajstić information content (AvgIpc) is 0.725. The number of hydrogen-bond acceptors (Lipinski definition) is 12. The third-order valence-electron chi connectivity index (χ3n) is 30.8. The van der Waals surface area contributed by atoms with Gasteiger partial charge >= 0.3 is 16.9 Å². The van der Waals surface area contributed by atoms with Crippen LogP contribution < -0.4 is 130 Å². The summed E-state index contributed by atoms with van der Waals surface area (Å²) >= 11 is 10.4. The monoisotopic (exact) mass is 2280 g/mol. The van der Waals surface area contributed by atoms with E-state index in [9.17, 15) is 22.8 Å². The molecule has 6 aliphatic heterocycles. The number of alkyl halides is 2. The van der Waals surface area contributed by atoms with Crippen molar-refractivity contribution < 1.29 is 76.8 Å². The van der Waals surface area contributed by atoms with Crippen LogP contribution >= 0.6 is 49.3 Å². The highest BCUT2D eigenvalue weighted by atomic mass is 79.9. The molecule has 0 spiro atoms. The van der Waals surface area contributed by atoms with E-state index in [0.29, 0.717) is 40.8 Å². The number of benzene rings is 13. The molecule has 22 rings (SSSR count). The van der Waals surface area contributed by atoms with Crippen LogP contribution in [-0.2, 0) is 89.9 Å². The zero-order valence-corrected chi connectivity index (χ0v) is 93.2. The van der Waals surface area contributed by atoms with Crippen LogP contribution in [0.5, 0.6) is 0 Å². The Bertz CT molecular complexity index is 6870. The minimum Gasteiger partial charge on any atom is -1.00 e. The second-order valence-corrected chi connectivity index (χ2v) is 52.5. The first-order valence-corrected chi connectivity index (χ1v) is 60.6. The van der Waals surface area contributed by atoms with Crippen molar-refractivity contribution in [2.45, 2.75) is 184 Å². The Morgan fingerprint density at radius 2 is 0.566 bits per heavy atom. The lowest BCUT2D eigenvalue weighted by atomic mass is 9.88. The molecule has 0 bridgehead atoms. The summed E-state index contributed by atoms with van der Waals surface area (Å²) in [4.78, 5) is 48.6. The Hall–Kier alpha value is -9.70. The zero-order chi connectivity index (χ0) is 97.0. The summed E-state index contributed by atoms with van der Waals surface area (Å²) in [6, 6.07) is 113. The molecule has 0 atom stereocenters. The molecular weight excluding hydrogens is 2160 g/mol. The van der Waals surface area contributed by atoms with Gasteiger partial charge in [0.1, 0.15) is 86.3 Å². The third kappa shape index (κ3) is 22.2. The summed E-state index contributed by atoms with van der Waals surface area (Å²) in [5.74, 6) is 0.337. The molecule has 0 amide bonds. The van der Waals surface area contributed by atoms with Crippen LogP contribution in [0.4, 0.5) is 17.1 Å². The van der Waals surface area contributed by atoms with Crippen molar-refractivity contribution in [1.29, 1.82) is 0 Å². The molecule has 0 saturated heterocycles. The highest BCUT2D eigenvalue weighted by Gasteiger charge is 2.48. The first kappa shape index (κ1) is 107. The molecule has 9 heterocycles. The highest BCUT2D eigenvalue weighted by molar-refractivity contribution is 9.08. The quantitative estimate of drug-likeness (QED) is 0.0127. The van der Waals surface area contributed by atoms with Crippen molar-refractivity contribution >= 4 is 157 Å². The molecule has 0 radical (unpaired) electrons. The van der Waals surface area contributed by atoms with Crippen LogP contribution in [0.1, 0.15) is 169 Å². The molecule has 16 aromatic rings. The fourth-order valence-corrected chi connectivity index (χ4v) is 39.2. The first-order chi connectivity index (χ1) is 69.8. The van der Waals surface area contributed by atoms with Crippen LogP contribution in [0, 0.1) is 6.92 Å². The van der Waals surface area contributed by atoms with Gasteiger partial charge in [-0.15, -0.1) is 11.6 Å². The van der Waals surface area contributed by atoms with Crippen LogP contribution in [0.2, 0.25) is 0 Å². The predicted octanol–water partition coefficient (Wildman–Crippen LogP) is 15.5. The normalized spacial score (nSPS) is 14.1. The van der Waals surface area contributed by atoms with Gasteiger partial charge in [-0.25, -0.2) is 14.4 Å². The molecule has 3 aromatic heterocycles. The van der Waals surface area contributed by atoms with E-state index in [0.717, 1.165) is 247 Å². The number of nitrogens with zero attached hydrogens (tertiary/aromatic N) is 3. The highest BCUT2D eigenvalue weighted by Crippen LogP contribution is 2.59. The standard InChI is InChI=1S/C46H47NO5PS.C39H40BrNO2P.C39H40ClNO2P.3BrH/c1-34-25-27-39(28-26-34)54(49,50)51-33-43-40(46(48)52-45-41-24-15-30-47-29-14-16-35(44(41)47)32-42(43)45)23-12-5-13-31-53(36-17-6-2-7-18-36,37-19-8-3-9-20-37)38-21-10-4-11-22-38;2*40-28-36-33(39(42)43-38-34-23-14-25-41-24-13-15-29(37(34)41)27-35(36)38)22-11-4-12-26-44(30-16-5-1-6-17-30,31-18-7-2-8-19-31)32-20-9-3-10-21-32;;;/h2-4,6-11,17-22,25-28,32H,5,12-16,23-24,29-31,33H2,1H3;2*1-3,5-10,16-21,27H,4,11-15,22-26,28H2;3*1H/q3*+1;;;/p-3. The van der Waals surface area contributed by atoms with Crippen LogP contribution in [-0.4, -0.2) is 66.2 Å². The van der Waals surface area contributed by atoms with Crippen molar-refractivity contribution in [3.63, 3.8) is 0 Å². The molecule has 748 valence electrons. The second kappa shape index (κ2) is 49.2. The number of rotatable bonds is 33. The van der Waals surface area contributed by atoms with Gasteiger partial charge in [-0.05, 0) is 328 Å². The Labute approximate surface area is 901 Å².